The van der Waals surface area contributed by atoms with Crippen molar-refractivity contribution >= 4 is 11.7 Å². The smallest absolute Gasteiger partial charge is 0.252 e. The van der Waals surface area contributed by atoms with Crippen molar-refractivity contribution in [3.05, 3.63) is 11.4 Å². The number of carbonyl (C=O) groups is 2. The van der Waals surface area contributed by atoms with Crippen molar-refractivity contribution in [3.63, 3.8) is 0 Å². The van der Waals surface area contributed by atoms with Gasteiger partial charge in [-0.1, -0.05) is 13.8 Å². The maximum Gasteiger partial charge on any atom is 0.252 e. The van der Waals surface area contributed by atoms with E-state index in [0.29, 0.717) is 0 Å². The van der Waals surface area contributed by atoms with Crippen LogP contribution in [0.15, 0.2) is 11.4 Å². The molecular formula is C11H12N4O2. The maximum atomic E-state index is 11.9. The molecular weight excluding hydrogens is 220 g/mol. The highest BCUT2D eigenvalue weighted by Gasteiger charge is 2.61. The van der Waals surface area contributed by atoms with Gasteiger partial charge in [-0.15, -0.1) is 0 Å². The molecule has 0 saturated carbocycles. The molecule has 0 saturated heterocycles. The van der Waals surface area contributed by atoms with E-state index >= 15 is 0 Å². The van der Waals surface area contributed by atoms with Crippen molar-refractivity contribution in [2.45, 2.75) is 20.8 Å². The summed E-state index contributed by atoms with van der Waals surface area (Å²) in [6, 6.07) is 3.53. The first-order valence-electron chi connectivity index (χ1n) is 4.89. The highest BCUT2D eigenvalue weighted by Crippen LogP contribution is 2.48. The van der Waals surface area contributed by atoms with E-state index in [1.54, 1.807) is 12.1 Å². The summed E-state index contributed by atoms with van der Waals surface area (Å²) in [5, 5.41) is 20.6. The first-order valence-corrected chi connectivity index (χ1v) is 4.89. The summed E-state index contributed by atoms with van der Waals surface area (Å²) in [5.41, 5.74) is 2.13. The first kappa shape index (κ1) is 12.7. The Bertz CT molecular complexity index is 519. The molecule has 0 radical (unpaired) electrons. The summed E-state index contributed by atoms with van der Waals surface area (Å²) in [6.45, 7) is 4.18. The number of nitrogens with two attached hydrogens (primary N) is 1. The lowest BCUT2D eigenvalue weighted by molar-refractivity contribution is -0.138. The van der Waals surface area contributed by atoms with Gasteiger partial charge in [-0.3, -0.25) is 9.59 Å². The number of amides is 1. The van der Waals surface area contributed by atoms with Crippen LogP contribution >= 0.6 is 0 Å². The van der Waals surface area contributed by atoms with Gasteiger partial charge in [0.05, 0.1) is 11.5 Å². The average Bonchev–Trinajstić information content (AvgIpc) is 2.49. The number of Topliss-reactive ketones (excluding diaryl/α,β-unsaturated/α-hetero) is 1. The fourth-order valence-corrected chi connectivity index (χ4v) is 1.84. The standard InChI is InChI=1S/C11H12N4O2/c1-6(16)10(2,3)11(5-13)7(4-12)8(14)15-9(11)17/h14H2,1-3H3,(H,15,17). The minimum Gasteiger partial charge on any atom is -0.384 e. The van der Waals surface area contributed by atoms with Crippen molar-refractivity contribution in [1.82, 2.24) is 5.32 Å². The number of hydrogen-bond acceptors (Lipinski definition) is 5. The number of nitrogens with zero attached hydrogens (tertiary/aromatic N) is 2. The molecule has 6 nitrogen and oxygen atoms in total. The molecule has 0 aliphatic carbocycles. The van der Waals surface area contributed by atoms with Gasteiger partial charge in [-0.2, -0.15) is 10.5 Å². The van der Waals surface area contributed by atoms with Crippen LogP contribution in [0, 0.1) is 33.5 Å². The van der Waals surface area contributed by atoms with Crippen molar-refractivity contribution in [2.24, 2.45) is 16.6 Å². The van der Waals surface area contributed by atoms with E-state index < -0.39 is 16.7 Å². The second-order valence-corrected chi connectivity index (χ2v) is 4.40. The van der Waals surface area contributed by atoms with Crippen molar-refractivity contribution in [1.29, 1.82) is 10.5 Å². The summed E-state index contributed by atoms with van der Waals surface area (Å²) < 4.78 is 0. The minimum atomic E-state index is -1.85. The third-order valence-corrected chi connectivity index (χ3v) is 3.33. The zero-order valence-corrected chi connectivity index (χ0v) is 9.79. The lowest BCUT2D eigenvalue weighted by Gasteiger charge is -2.34. The normalized spacial score (nSPS) is 23.9. The van der Waals surface area contributed by atoms with Crippen molar-refractivity contribution < 1.29 is 9.59 Å². The zero-order valence-electron chi connectivity index (χ0n) is 9.79. The predicted molar refractivity (Wildman–Crippen MR) is 57.5 cm³/mol. The molecule has 1 heterocycles. The second kappa shape index (κ2) is 3.60. The molecule has 0 bridgehead atoms. The van der Waals surface area contributed by atoms with Gasteiger partial charge in [0.2, 0.25) is 0 Å². The molecule has 88 valence electrons. The number of rotatable bonds is 2. The predicted octanol–water partition coefficient (Wildman–Crippen LogP) is -0.0647. The number of ketones is 1. The van der Waals surface area contributed by atoms with Crippen LogP contribution in [0.1, 0.15) is 20.8 Å². The van der Waals surface area contributed by atoms with Gasteiger partial charge in [0.15, 0.2) is 5.41 Å². The van der Waals surface area contributed by atoms with E-state index in [0.717, 1.165) is 0 Å². The Morgan fingerprint density at radius 2 is 2.00 bits per heavy atom. The van der Waals surface area contributed by atoms with Crippen LogP contribution in [0.3, 0.4) is 0 Å². The number of hydrogen-bond donors (Lipinski definition) is 2. The highest BCUT2D eigenvalue weighted by atomic mass is 16.2. The molecule has 0 aromatic rings. The van der Waals surface area contributed by atoms with Crippen LogP contribution in [0.25, 0.3) is 0 Å². The van der Waals surface area contributed by atoms with Gasteiger partial charge in [-0.05, 0) is 6.92 Å². The maximum absolute atomic E-state index is 11.9. The SMILES string of the molecule is CC(=O)C(C)(C)C1(C#N)C(=O)NC(N)=C1C#N. The molecule has 1 aliphatic heterocycles. The summed E-state index contributed by atoms with van der Waals surface area (Å²) in [5.74, 6) is -1.25. The van der Waals surface area contributed by atoms with Crippen LogP contribution in [0.2, 0.25) is 0 Å². The summed E-state index contributed by atoms with van der Waals surface area (Å²) in [6.07, 6.45) is 0. The van der Waals surface area contributed by atoms with Crippen LogP contribution < -0.4 is 11.1 Å². The molecule has 3 N–H and O–H groups in total. The molecule has 0 aromatic carbocycles. The van der Waals surface area contributed by atoms with Crippen LogP contribution in [-0.4, -0.2) is 11.7 Å². The number of carbonyl (C=O) groups excluding carboxylic acids is 2. The van der Waals surface area contributed by atoms with E-state index in [4.69, 9.17) is 11.0 Å². The molecule has 6 heteroatoms. The quantitative estimate of drug-likeness (QED) is 0.690. The largest absolute Gasteiger partial charge is 0.384 e. The summed E-state index contributed by atoms with van der Waals surface area (Å²) in [4.78, 5) is 23.5. The Morgan fingerprint density at radius 3 is 2.35 bits per heavy atom. The lowest BCUT2D eigenvalue weighted by atomic mass is 9.61. The molecule has 17 heavy (non-hydrogen) atoms. The Balaban J connectivity index is 3.63. The second-order valence-electron chi connectivity index (χ2n) is 4.40. The fraction of sp³-hybridized carbons (Fsp3) is 0.455. The van der Waals surface area contributed by atoms with Gasteiger partial charge >= 0.3 is 0 Å². The topological polar surface area (TPSA) is 120 Å². The van der Waals surface area contributed by atoms with Crippen LogP contribution in [-0.2, 0) is 9.59 Å². The molecule has 1 unspecified atom stereocenters. The molecule has 0 spiro atoms. The van der Waals surface area contributed by atoms with Crippen molar-refractivity contribution in [3.8, 4) is 12.1 Å². The molecule has 0 fully saturated rings. The zero-order chi connectivity index (χ0) is 13.4. The van der Waals surface area contributed by atoms with E-state index in [9.17, 15) is 14.9 Å². The van der Waals surface area contributed by atoms with Gasteiger partial charge < -0.3 is 11.1 Å². The highest BCUT2D eigenvalue weighted by molar-refractivity contribution is 6.01. The Hall–Kier alpha value is -2.34. The Labute approximate surface area is 98.7 Å². The van der Waals surface area contributed by atoms with Gasteiger partial charge in [0, 0.05) is 0 Å². The number of nitrogens with one attached hydrogen (secondary N) is 1. The first-order chi connectivity index (χ1) is 7.75. The Morgan fingerprint density at radius 1 is 1.47 bits per heavy atom. The number of nitriles is 2. The molecule has 1 amide bonds. The van der Waals surface area contributed by atoms with Crippen LogP contribution in [0.5, 0.6) is 0 Å². The van der Waals surface area contributed by atoms with E-state index in [2.05, 4.69) is 5.32 Å². The summed E-state index contributed by atoms with van der Waals surface area (Å²) >= 11 is 0. The van der Waals surface area contributed by atoms with Gasteiger partial charge in [0.25, 0.3) is 5.91 Å². The minimum absolute atomic E-state index is 0.159. The van der Waals surface area contributed by atoms with Crippen LogP contribution in [0.4, 0.5) is 0 Å². The molecule has 1 atom stereocenters. The van der Waals surface area contributed by atoms with E-state index in [-0.39, 0.29) is 17.2 Å². The third kappa shape index (κ3) is 1.31. The van der Waals surface area contributed by atoms with E-state index in [1.807, 2.05) is 0 Å². The molecule has 0 aromatic heterocycles. The summed E-state index contributed by atoms with van der Waals surface area (Å²) in [7, 11) is 0. The third-order valence-electron chi connectivity index (χ3n) is 3.33. The average molecular weight is 232 g/mol. The fourth-order valence-electron chi connectivity index (χ4n) is 1.84. The van der Waals surface area contributed by atoms with Gasteiger partial charge in [-0.25, -0.2) is 0 Å². The lowest BCUT2D eigenvalue weighted by Crippen LogP contribution is -2.48. The van der Waals surface area contributed by atoms with Gasteiger partial charge in [0.1, 0.15) is 23.2 Å². The molecule has 1 rings (SSSR count). The van der Waals surface area contributed by atoms with E-state index in [1.165, 1.54) is 20.8 Å². The molecule has 1 aliphatic rings. The monoisotopic (exact) mass is 232 g/mol. The van der Waals surface area contributed by atoms with Crippen molar-refractivity contribution in [2.75, 3.05) is 0 Å². The Kier molecular flexibility index (Phi) is 2.70.